The van der Waals surface area contributed by atoms with E-state index in [4.69, 9.17) is 9.16 Å². The number of hydrogen-bond acceptors (Lipinski definition) is 7. The Balaban J connectivity index is 2.42. The lowest BCUT2D eigenvalue weighted by Crippen LogP contribution is -2.50. The number of methoxy groups -OCH3 is 1. The van der Waals surface area contributed by atoms with E-state index < -0.39 is 36.6 Å². The number of nitrogens with one attached hydrogen (secondary N) is 2. The highest BCUT2D eigenvalue weighted by Gasteiger charge is 2.40. The number of phenolic OH excluding ortho intramolecular Hbond substituents is 1. The fourth-order valence-electron chi connectivity index (χ4n) is 3.17. The maximum absolute atomic E-state index is 12.2. The van der Waals surface area contributed by atoms with E-state index in [-0.39, 0.29) is 22.9 Å². The van der Waals surface area contributed by atoms with E-state index >= 15 is 0 Å². The van der Waals surface area contributed by atoms with E-state index in [0.29, 0.717) is 16.9 Å². The quantitative estimate of drug-likeness (QED) is 0.196. The van der Waals surface area contributed by atoms with Crippen molar-refractivity contribution in [1.82, 2.24) is 5.32 Å². The molecule has 0 bridgehead atoms. The predicted molar refractivity (Wildman–Crippen MR) is 139 cm³/mol. The summed E-state index contributed by atoms with van der Waals surface area (Å²) in [6, 6.07) is 10.3. The van der Waals surface area contributed by atoms with Gasteiger partial charge in [-0.3, -0.25) is 14.8 Å². The number of benzene rings is 2. The Morgan fingerprint density at radius 2 is 1.71 bits per heavy atom. The second kappa shape index (κ2) is 11.0. The average molecular weight is 525 g/mol. The van der Waals surface area contributed by atoms with Crippen LogP contribution >= 0.6 is 0 Å². The smallest absolute Gasteiger partial charge is 0.325 e. The summed E-state index contributed by atoms with van der Waals surface area (Å²) >= 11 is 0. The molecule has 0 spiro atoms. The number of sulfonamides is 1. The third kappa shape index (κ3) is 8.24. The fraction of sp³-hybridized carbons (Fsp3) is 0.458. The van der Waals surface area contributed by atoms with Gasteiger partial charge in [0.05, 0.1) is 19.1 Å². The van der Waals surface area contributed by atoms with Crippen molar-refractivity contribution in [2.75, 3.05) is 18.1 Å². The number of carboxylic acids is 1. The Labute approximate surface area is 208 Å². The Morgan fingerprint density at radius 3 is 2.20 bits per heavy atom. The van der Waals surface area contributed by atoms with Gasteiger partial charge in [-0.25, -0.2) is 8.42 Å². The molecule has 2 rings (SSSR count). The highest BCUT2D eigenvalue weighted by Crippen LogP contribution is 2.38. The Kier molecular flexibility index (Phi) is 8.98. The van der Waals surface area contributed by atoms with Gasteiger partial charge in [0.2, 0.25) is 10.0 Å². The van der Waals surface area contributed by atoms with Gasteiger partial charge in [-0.05, 0) is 53.5 Å². The van der Waals surface area contributed by atoms with Crippen molar-refractivity contribution in [1.29, 1.82) is 0 Å². The minimum Gasteiger partial charge on any atom is -0.506 e. The van der Waals surface area contributed by atoms with Crippen LogP contribution in [0.2, 0.25) is 18.1 Å². The van der Waals surface area contributed by atoms with Crippen LogP contribution in [0.4, 0.5) is 5.69 Å². The highest BCUT2D eigenvalue weighted by molar-refractivity contribution is 7.92. The molecule has 2 atom stereocenters. The average Bonchev–Trinajstić information content (AvgIpc) is 2.72. The number of carbonyl (C=O) groups is 1. The van der Waals surface area contributed by atoms with E-state index in [1.165, 1.54) is 19.2 Å². The van der Waals surface area contributed by atoms with Gasteiger partial charge in [0.1, 0.15) is 23.8 Å². The van der Waals surface area contributed by atoms with Gasteiger partial charge in [0, 0.05) is 6.42 Å². The first-order valence-corrected chi connectivity index (χ1v) is 15.9. The Hall–Kier alpha value is -2.60. The highest BCUT2D eigenvalue weighted by atomic mass is 32.2. The van der Waals surface area contributed by atoms with Crippen LogP contribution in [-0.2, 0) is 25.7 Å². The van der Waals surface area contributed by atoms with Gasteiger partial charge in [-0.2, -0.15) is 0 Å². The van der Waals surface area contributed by atoms with E-state index in [1.54, 1.807) is 30.3 Å². The molecule has 0 heterocycles. The minimum atomic E-state index is -3.60. The van der Waals surface area contributed by atoms with Gasteiger partial charge in [-0.15, -0.1) is 0 Å². The van der Waals surface area contributed by atoms with Crippen molar-refractivity contribution in [3.8, 4) is 11.5 Å². The van der Waals surface area contributed by atoms with Crippen molar-refractivity contribution in [3.63, 3.8) is 0 Å². The first-order valence-electron chi connectivity index (χ1n) is 11.1. The summed E-state index contributed by atoms with van der Waals surface area (Å²) in [6.07, 6.45) is 0.538. The zero-order chi connectivity index (χ0) is 26.6. The van der Waals surface area contributed by atoms with E-state index in [0.717, 1.165) is 6.26 Å². The van der Waals surface area contributed by atoms with Gasteiger partial charge >= 0.3 is 5.97 Å². The normalized spacial score (nSPS) is 14.3. The molecule has 35 heavy (non-hydrogen) atoms. The summed E-state index contributed by atoms with van der Waals surface area (Å²) < 4.78 is 37.4. The number of hydrogen-bond donors (Lipinski definition) is 4. The monoisotopic (exact) mass is 524 g/mol. The van der Waals surface area contributed by atoms with Crippen molar-refractivity contribution >= 4 is 30.0 Å². The molecule has 0 saturated carbocycles. The molecular formula is C24H36N2O7SSi. The number of ether oxygens (including phenoxy) is 1. The topological polar surface area (TPSA) is 134 Å². The molecule has 0 saturated heterocycles. The minimum absolute atomic E-state index is 0.0426. The first-order chi connectivity index (χ1) is 16.0. The number of carboxylic acid groups (broad SMARTS) is 1. The molecule has 0 amide bonds. The Morgan fingerprint density at radius 1 is 1.11 bits per heavy atom. The van der Waals surface area contributed by atoms with Crippen LogP contribution in [0.15, 0.2) is 42.5 Å². The molecule has 0 aliphatic carbocycles. The summed E-state index contributed by atoms with van der Waals surface area (Å²) in [5.74, 6) is -0.665. The molecule has 9 nitrogen and oxygen atoms in total. The lowest BCUT2D eigenvalue weighted by Gasteiger charge is -2.40. The summed E-state index contributed by atoms with van der Waals surface area (Å²) in [6.45, 7) is 10.4. The third-order valence-corrected chi connectivity index (χ3v) is 11.1. The molecule has 0 aromatic heterocycles. The summed E-state index contributed by atoms with van der Waals surface area (Å²) in [5.41, 5.74) is 1.23. The van der Waals surface area contributed by atoms with Gasteiger partial charge < -0.3 is 19.4 Å². The number of phenols is 1. The SMILES string of the molecule is COc1ccc(C(N[C@H](Cc2ccc(O)c(NS(C)(=O)=O)c2)O[Si](C)(C)C(C)(C)C)C(=O)O)cc1. The number of anilines is 1. The van der Waals surface area contributed by atoms with Crippen LogP contribution in [0, 0.1) is 0 Å². The van der Waals surface area contributed by atoms with Gasteiger partial charge in [0.15, 0.2) is 8.32 Å². The molecule has 0 radical (unpaired) electrons. The number of rotatable bonds is 11. The van der Waals surface area contributed by atoms with Crippen molar-refractivity contribution in [3.05, 3.63) is 53.6 Å². The zero-order valence-corrected chi connectivity index (χ0v) is 23.1. The van der Waals surface area contributed by atoms with Crippen LogP contribution in [0.25, 0.3) is 0 Å². The zero-order valence-electron chi connectivity index (χ0n) is 21.2. The van der Waals surface area contributed by atoms with Crippen LogP contribution in [0.3, 0.4) is 0 Å². The first kappa shape index (κ1) is 28.6. The summed E-state index contributed by atoms with van der Waals surface area (Å²) in [7, 11) is -4.40. The summed E-state index contributed by atoms with van der Waals surface area (Å²) in [4.78, 5) is 12.2. The lowest BCUT2D eigenvalue weighted by molar-refractivity contribution is -0.140. The maximum Gasteiger partial charge on any atom is 0.325 e. The number of aromatic hydroxyl groups is 1. The van der Waals surface area contributed by atoms with Crippen LogP contribution < -0.4 is 14.8 Å². The van der Waals surface area contributed by atoms with Gasteiger partial charge in [-0.1, -0.05) is 39.0 Å². The van der Waals surface area contributed by atoms with Crippen LogP contribution in [0.1, 0.15) is 37.9 Å². The third-order valence-electron chi connectivity index (χ3n) is 6.07. The molecular weight excluding hydrogens is 488 g/mol. The molecule has 0 fully saturated rings. The Bertz CT molecular complexity index is 1130. The van der Waals surface area contributed by atoms with Gasteiger partial charge in [0.25, 0.3) is 0 Å². The molecule has 4 N–H and O–H groups in total. The van der Waals surface area contributed by atoms with Crippen molar-refractivity contribution in [2.24, 2.45) is 0 Å². The predicted octanol–water partition coefficient (Wildman–Crippen LogP) is 4.08. The molecule has 11 heteroatoms. The van der Waals surface area contributed by atoms with Crippen molar-refractivity contribution in [2.45, 2.75) is 57.6 Å². The number of aliphatic carboxylic acids is 1. The summed E-state index contributed by atoms with van der Waals surface area (Å²) in [5, 5.41) is 23.1. The van der Waals surface area contributed by atoms with Crippen LogP contribution in [-0.4, -0.2) is 52.5 Å². The van der Waals surface area contributed by atoms with E-state index in [9.17, 15) is 23.4 Å². The van der Waals surface area contributed by atoms with E-state index in [2.05, 4.69) is 43.9 Å². The second-order valence-electron chi connectivity index (χ2n) is 10.0. The molecule has 0 aliphatic heterocycles. The van der Waals surface area contributed by atoms with E-state index in [1.807, 2.05) is 0 Å². The van der Waals surface area contributed by atoms with Crippen LogP contribution in [0.5, 0.6) is 11.5 Å². The van der Waals surface area contributed by atoms with Crippen molar-refractivity contribution < 1.29 is 32.6 Å². The molecule has 2 aromatic carbocycles. The lowest BCUT2D eigenvalue weighted by atomic mass is 10.1. The molecule has 0 aliphatic rings. The molecule has 1 unspecified atom stereocenters. The fourth-order valence-corrected chi connectivity index (χ4v) is 4.94. The second-order valence-corrected chi connectivity index (χ2v) is 16.5. The maximum atomic E-state index is 12.2. The largest absolute Gasteiger partial charge is 0.506 e. The molecule has 2 aromatic rings. The molecule has 194 valence electrons. The standard InChI is InChI=1S/C24H36N2O7SSi/c1-24(2,3)35(6,7)33-21(15-16-8-13-20(27)19(14-16)26-34(5,30)31)25-22(23(28)29)17-9-11-18(32-4)12-10-17/h8-14,21-22,25-27H,15H2,1-7H3,(H,28,29)/t21-,22?/m0/s1.